The Balaban J connectivity index is 1.10. The van der Waals surface area contributed by atoms with Gasteiger partial charge in [-0.25, -0.2) is 9.97 Å². The van der Waals surface area contributed by atoms with Gasteiger partial charge in [-0.05, 0) is 54.5 Å². The zero-order valence-electron chi connectivity index (χ0n) is 24.3. The Bertz CT molecular complexity index is 1760. The molecule has 2 heterocycles. The highest BCUT2D eigenvalue weighted by Crippen LogP contribution is 2.40. The van der Waals surface area contributed by atoms with E-state index in [1.54, 1.807) is 6.07 Å². The minimum Gasteiger partial charge on any atom is -0.319 e. The van der Waals surface area contributed by atoms with Gasteiger partial charge in [0.1, 0.15) is 11.2 Å². The summed E-state index contributed by atoms with van der Waals surface area (Å²) >= 11 is 5.48. The largest absolute Gasteiger partial charge is 0.319 e. The molecule has 0 saturated heterocycles. The van der Waals surface area contributed by atoms with E-state index >= 15 is 0 Å². The summed E-state index contributed by atoms with van der Waals surface area (Å²) in [6.07, 6.45) is 7.37. The quantitative estimate of drug-likeness (QED) is 0.0756. The lowest BCUT2D eigenvalue weighted by Crippen LogP contribution is -2.41. The van der Waals surface area contributed by atoms with E-state index < -0.39 is 5.54 Å². The molecule has 4 aromatic carbocycles. The molecule has 0 aliphatic heterocycles. The number of hydrazine groups is 1. The van der Waals surface area contributed by atoms with Crippen LogP contribution in [0, 0.1) is 0 Å². The highest BCUT2D eigenvalue weighted by atomic mass is 32.1. The van der Waals surface area contributed by atoms with E-state index in [1.165, 1.54) is 16.7 Å². The van der Waals surface area contributed by atoms with E-state index in [-0.39, 0.29) is 5.91 Å². The number of nitrogens with zero attached hydrogens (tertiary/aromatic N) is 3. The number of unbranched alkanes of at least 4 members (excludes halogenated alkanes) is 1. The van der Waals surface area contributed by atoms with Gasteiger partial charge in [0.25, 0.3) is 5.91 Å². The summed E-state index contributed by atoms with van der Waals surface area (Å²) in [5.74, 6) is -0.317. The molecular formula is C37H33N5OS. The van der Waals surface area contributed by atoms with E-state index in [1.807, 2.05) is 36.7 Å². The number of hydrogen-bond acceptors (Lipinski definition) is 4. The van der Waals surface area contributed by atoms with Gasteiger partial charge in [-0.3, -0.25) is 15.6 Å². The molecular weight excluding hydrogens is 563 g/mol. The fourth-order valence-corrected chi connectivity index (χ4v) is 5.89. The Morgan fingerprint density at radius 3 is 1.93 bits per heavy atom. The fourth-order valence-electron chi connectivity index (χ4n) is 5.70. The molecule has 6 rings (SSSR count). The van der Waals surface area contributed by atoms with Gasteiger partial charge in [-0.2, -0.15) is 0 Å². The SMILES string of the molecule is O=C(NNC(=S)CCCCc1cn(C(c2ccccc2)(c2ccccc2)c2ccccc2)cn1)c1ccc2ccccc2n1. The highest BCUT2D eigenvalue weighted by molar-refractivity contribution is 7.80. The molecule has 218 valence electrons. The smallest absolute Gasteiger partial charge is 0.288 e. The number of carbonyl (C=O) groups is 1. The Morgan fingerprint density at radius 1 is 0.705 bits per heavy atom. The molecule has 0 saturated carbocycles. The number of aromatic nitrogens is 3. The van der Waals surface area contributed by atoms with Gasteiger partial charge < -0.3 is 4.57 Å². The predicted octanol–water partition coefficient (Wildman–Crippen LogP) is 7.25. The van der Waals surface area contributed by atoms with Gasteiger partial charge in [0, 0.05) is 11.6 Å². The van der Waals surface area contributed by atoms with E-state index in [0.29, 0.717) is 17.1 Å². The maximum Gasteiger partial charge on any atom is 0.288 e. The number of amides is 1. The van der Waals surface area contributed by atoms with Crippen LogP contribution in [0.5, 0.6) is 0 Å². The molecule has 0 atom stereocenters. The Labute approximate surface area is 262 Å². The molecule has 0 fully saturated rings. The number of hydrogen-bond donors (Lipinski definition) is 2. The van der Waals surface area contributed by atoms with Crippen molar-refractivity contribution in [2.45, 2.75) is 31.2 Å². The second-order valence-electron chi connectivity index (χ2n) is 10.7. The summed E-state index contributed by atoms with van der Waals surface area (Å²) in [7, 11) is 0. The molecule has 6 nitrogen and oxygen atoms in total. The van der Waals surface area contributed by atoms with Crippen LogP contribution in [-0.4, -0.2) is 25.4 Å². The highest BCUT2D eigenvalue weighted by Gasteiger charge is 2.38. The number of fused-ring (bicyclic) bond motifs is 1. The molecule has 7 heteroatoms. The van der Waals surface area contributed by atoms with Crippen LogP contribution in [0.3, 0.4) is 0 Å². The predicted molar refractivity (Wildman–Crippen MR) is 179 cm³/mol. The second kappa shape index (κ2) is 13.4. The molecule has 6 aromatic rings. The van der Waals surface area contributed by atoms with Crippen molar-refractivity contribution in [2.75, 3.05) is 0 Å². The van der Waals surface area contributed by atoms with Crippen molar-refractivity contribution in [2.24, 2.45) is 0 Å². The monoisotopic (exact) mass is 595 g/mol. The van der Waals surface area contributed by atoms with E-state index in [2.05, 4.69) is 118 Å². The van der Waals surface area contributed by atoms with Crippen molar-refractivity contribution in [3.63, 3.8) is 0 Å². The zero-order valence-corrected chi connectivity index (χ0v) is 25.1. The Morgan fingerprint density at radius 2 is 1.30 bits per heavy atom. The third-order valence-electron chi connectivity index (χ3n) is 7.83. The summed E-state index contributed by atoms with van der Waals surface area (Å²) in [6, 6.07) is 43.1. The van der Waals surface area contributed by atoms with Crippen molar-refractivity contribution < 1.29 is 4.79 Å². The molecule has 1 amide bonds. The van der Waals surface area contributed by atoms with Crippen molar-refractivity contribution >= 4 is 34.0 Å². The third kappa shape index (κ3) is 6.14. The van der Waals surface area contributed by atoms with Crippen LogP contribution in [0.4, 0.5) is 0 Å². The van der Waals surface area contributed by atoms with Crippen LogP contribution in [0.2, 0.25) is 0 Å². The van der Waals surface area contributed by atoms with Gasteiger partial charge in [0.2, 0.25) is 0 Å². The lowest BCUT2D eigenvalue weighted by molar-refractivity contribution is 0.0939. The van der Waals surface area contributed by atoms with Gasteiger partial charge in [-0.15, -0.1) is 0 Å². The van der Waals surface area contributed by atoms with E-state index in [9.17, 15) is 4.79 Å². The first-order valence-corrected chi connectivity index (χ1v) is 15.2. The lowest BCUT2D eigenvalue weighted by atomic mass is 9.77. The number of thiocarbonyl (C=S) groups is 1. The van der Waals surface area contributed by atoms with Gasteiger partial charge in [0.05, 0.1) is 22.5 Å². The van der Waals surface area contributed by atoms with Crippen molar-refractivity contribution in [3.8, 4) is 0 Å². The number of imidazole rings is 1. The molecule has 0 radical (unpaired) electrons. The van der Waals surface area contributed by atoms with Crippen LogP contribution in [0.15, 0.2) is 140 Å². The molecule has 44 heavy (non-hydrogen) atoms. The van der Waals surface area contributed by atoms with Crippen LogP contribution in [-0.2, 0) is 12.0 Å². The number of aryl methyl sites for hydroxylation is 1. The normalized spacial score (nSPS) is 11.3. The van der Waals surface area contributed by atoms with Crippen molar-refractivity contribution in [1.29, 1.82) is 0 Å². The molecule has 0 unspecified atom stereocenters. The number of nitrogens with one attached hydrogen (secondary N) is 2. The lowest BCUT2D eigenvalue weighted by Gasteiger charge is -2.37. The van der Waals surface area contributed by atoms with Crippen LogP contribution < -0.4 is 10.9 Å². The van der Waals surface area contributed by atoms with Crippen LogP contribution in [0.25, 0.3) is 10.9 Å². The Hall–Kier alpha value is -5.14. The van der Waals surface area contributed by atoms with Crippen molar-refractivity contribution in [1.82, 2.24) is 25.4 Å². The number of carbonyl (C=O) groups excluding carboxylic acids is 1. The number of rotatable bonds is 10. The van der Waals surface area contributed by atoms with Crippen LogP contribution >= 0.6 is 12.2 Å². The Kier molecular flexibility index (Phi) is 8.85. The topological polar surface area (TPSA) is 71.8 Å². The van der Waals surface area contributed by atoms with Crippen molar-refractivity contribution in [3.05, 3.63) is 168 Å². The molecule has 0 spiro atoms. The van der Waals surface area contributed by atoms with Crippen LogP contribution in [0.1, 0.15) is 52.1 Å². The minimum atomic E-state index is -0.571. The molecule has 0 aliphatic carbocycles. The van der Waals surface area contributed by atoms with E-state index in [4.69, 9.17) is 17.2 Å². The summed E-state index contributed by atoms with van der Waals surface area (Å²) in [5.41, 5.74) is 10.6. The molecule has 0 bridgehead atoms. The van der Waals surface area contributed by atoms with Gasteiger partial charge >= 0.3 is 0 Å². The first-order valence-electron chi connectivity index (χ1n) is 14.8. The standard InChI is InChI=1S/C37H33N5OS/c43-36(34-25-24-28-14-10-12-22-33(28)39-34)41-40-35(44)23-13-11-21-32-26-42(27-38-32)37(29-15-4-1-5-16-29,30-17-6-2-7-18-30)31-19-8-3-9-20-31/h1-10,12,14-20,22,24-27H,11,13,21,23H2,(H,40,44)(H,41,43). The minimum absolute atomic E-state index is 0.317. The number of pyridine rings is 1. The third-order valence-corrected chi connectivity index (χ3v) is 8.14. The summed E-state index contributed by atoms with van der Waals surface area (Å²) in [5, 5.41) is 0.989. The molecule has 0 aliphatic rings. The van der Waals surface area contributed by atoms with Gasteiger partial charge in [0.15, 0.2) is 0 Å². The summed E-state index contributed by atoms with van der Waals surface area (Å²) < 4.78 is 2.24. The summed E-state index contributed by atoms with van der Waals surface area (Å²) in [4.78, 5) is 22.5. The maximum atomic E-state index is 12.6. The fraction of sp³-hybridized carbons (Fsp3) is 0.135. The van der Waals surface area contributed by atoms with E-state index in [0.717, 1.165) is 35.9 Å². The maximum absolute atomic E-state index is 12.6. The number of para-hydroxylation sites is 1. The average Bonchev–Trinajstić information content (AvgIpc) is 3.56. The summed E-state index contributed by atoms with van der Waals surface area (Å²) in [6.45, 7) is 0. The molecule has 2 N–H and O–H groups in total. The molecule has 2 aromatic heterocycles. The first-order chi connectivity index (χ1) is 21.6. The zero-order chi connectivity index (χ0) is 30.2. The average molecular weight is 596 g/mol. The number of benzene rings is 4. The first kappa shape index (κ1) is 29.0. The second-order valence-corrected chi connectivity index (χ2v) is 11.2. The van der Waals surface area contributed by atoms with Gasteiger partial charge in [-0.1, -0.05) is 127 Å².